The third kappa shape index (κ3) is 2.55. The predicted octanol–water partition coefficient (Wildman–Crippen LogP) is 2.17. The smallest absolute Gasteiger partial charge is 0.282 e. The Bertz CT molecular complexity index is 566. The lowest BCUT2D eigenvalue weighted by Gasteiger charge is -2.13. The number of aromatic nitrogens is 3. The van der Waals surface area contributed by atoms with Crippen LogP contribution in [0, 0.1) is 0 Å². The molecule has 0 bridgehead atoms. The zero-order valence-corrected chi connectivity index (χ0v) is 11.7. The molecule has 2 heterocycles. The van der Waals surface area contributed by atoms with E-state index in [-0.39, 0.29) is 11.6 Å². The summed E-state index contributed by atoms with van der Waals surface area (Å²) in [6.07, 6.45) is 3.38. The van der Waals surface area contributed by atoms with Gasteiger partial charge in [-0.25, -0.2) is 9.67 Å². The van der Waals surface area contributed by atoms with Gasteiger partial charge in [0.15, 0.2) is 0 Å². The molecule has 0 aliphatic heterocycles. The molecule has 5 nitrogen and oxygen atoms in total. The maximum absolute atomic E-state index is 11.7. The van der Waals surface area contributed by atoms with Gasteiger partial charge in [0.05, 0.1) is 17.9 Å². The summed E-state index contributed by atoms with van der Waals surface area (Å²) in [5.74, 6) is 0. The van der Waals surface area contributed by atoms with Gasteiger partial charge in [-0.3, -0.25) is 4.79 Å². The predicted molar refractivity (Wildman–Crippen MR) is 71.3 cm³/mol. The number of nitrogens with zero attached hydrogens (tertiary/aromatic N) is 3. The number of halogens is 1. The van der Waals surface area contributed by atoms with Gasteiger partial charge in [0.1, 0.15) is 9.48 Å². The summed E-state index contributed by atoms with van der Waals surface area (Å²) in [4.78, 5) is 15.9. The average Bonchev–Trinajstić information content (AvgIpc) is 2.83. The summed E-state index contributed by atoms with van der Waals surface area (Å²) in [5, 5.41) is 10.1. The van der Waals surface area contributed by atoms with Gasteiger partial charge in [0, 0.05) is 18.6 Å². The van der Waals surface area contributed by atoms with E-state index in [2.05, 4.69) is 31.3 Å². The molecule has 0 saturated carbocycles. The van der Waals surface area contributed by atoms with E-state index in [4.69, 9.17) is 0 Å². The van der Waals surface area contributed by atoms with Gasteiger partial charge in [0.25, 0.3) is 5.56 Å². The first-order valence-corrected chi connectivity index (χ1v) is 6.64. The number of hydrogen-bond donors (Lipinski definition) is 1. The fourth-order valence-electron chi connectivity index (χ4n) is 1.35. The summed E-state index contributed by atoms with van der Waals surface area (Å²) in [6.45, 7) is 1.99. The second kappa shape index (κ2) is 4.97. The highest BCUT2D eigenvalue weighted by Crippen LogP contribution is 2.23. The highest BCUT2D eigenvalue weighted by Gasteiger charge is 2.12. The van der Waals surface area contributed by atoms with Crippen LogP contribution in [0.25, 0.3) is 0 Å². The van der Waals surface area contributed by atoms with Gasteiger partial charge in [-0.05, 0) is 22.9 Å². The molecule has 0 aromatic carbocycles. The molecule has 0 amide bonds. The molecular weight excluding hydrogens is 304 g/mol. The zero-order valence-electron chi connectivity index (χ0n) is 9.35. The van der Waals surface area contributed by atoms with Crippen molar-refractivity contribution in [3.63, 3.8) is 0 Å². The summed E-state index contributed by atoms with van der Waals surface area (Å²) in [6, 6.07) is 0.0419. The van der Waals surface area contributed by atoms with Crippen molar-refractivity contribution >= 4 is 33.0 Å². The maximum atomic E-state index is 11.7. The highest BCUT2D eigenvalue weighted by atomic mass is 79.9. The number of nitrogens with one attached hydrogen (secondary N) is 1. The summed E-state index contributed by atoms with van der Waals surface area (Å²) in [5.41, 5.74) is 0.511. The van der Waals surface area contributed by atoms with Crippen molar-refractivity contribution in [3.05, 3.63) is 37.6 Å². The molecule has 0 spiro atoms. The van der Waals surface area contributed by atoms with E-state index in [9.17, 15) is 4.79 Å². The Morgan fingerprint density at radius 3 is 3.00 bits per heavy atom. The number of anilines is 1. The van der Waals surface area contributed by atoms with E-state index in [1.54, 1.807) is 30.8 Å². The third-order valence-electron chi connectivity index (χ3n) is 2.27. The van der Waals surface area contributed by atoms with Crippen LogP contribution in [-0.2, 0) is 7.05 Å². The first-order chi connectivity index (χ1) is 8.09. The molecule has 0 radical (unpaired) electrons. The van der Waals surface area contributed by atoms with Crippen LogP contribution in [0.5, 0.6) is 0 Å². The molecule has 2 aromatic rings. The van der Waals surface area contributed by atoms with Crippen molar-refractivity contribution in [2.75, 3.05) is 5.32 Å². The monoisotopic (exact) mass is 314 g/mol. The Balaban J connectivity index is 2.25. The number of aryl methyl sites for hydroxylation is 1. The minimum atomic E-state index is -0.165. The van der Waals surface area contributed by atoms with Crippen molar-refractivity contribution in [3.8, 4) is 0 Å². The van der Waals surface area contributed by atoms with Gasteiger partial charge in [-0.2, -0.15) is 5.10 Å². The Kier molecular flexibility index (Phi) is 3.58. The first kappa shape index (κ1) is 12.3. The molecule has 0 fully saturated rings. The van der Waals surface area contributed by atoms with Crippen LogP contribution in [0.15, 0.2) is 27.0 Å². The lowest BCUT2D eigenvalue weighted by molar-refractivity contribution is 0.701. The third-order valence-corrected chi connectivity index (χ3v) is 4.00. The number of thiazole rings is 1. The van der Waals surface area contributed by atoms with Crippen molar-refractivity contribution in [2.24, 2.45) is 7.05 Å². The van der Waals surface area contributed by atoms with Crippen LogP contribution in [0.1, 0.15) is 18.0 Å². The zero-order chi connectivity index (χ0) is 12.4. The summed E-state index contributed by atoms with van der Waals surface area (Å²) >= 11 is 4.84. The lowest BCUT2D eigenvalue weighted by atomic mass is 10.3. The topological polar surface area (TPSA) is 59.8 Å². The quantitative estimate of drug-likeness (QED) is 0.943. The van der Waals surface area contributed by atoms with E-state index < -0.39 is 0 Å². The van der Waals surface area contributed by atoms with Crippen LogP contribution >= 0.6 is 27.3 Å². The highest BCUT2D eigenvalue weighted by molar-refractivity contribution is 9.10. The van der Waals surface area contributed by atoms with E-state index in [1.165, 1.54) is 4.68 Å². The maximum Gasteiger partial charge on any atom is 0.282 e. The van der Waals surface area contributed by atoms with Crippen LogP contribution in [0.2, 0.25) is 0 Å². The molecule has 1 N–H and O–H groups in total. The van der Waals surface area contributed by atoms with Crippen LogP contribution in [0.4, 0.5) is 5.69 Å². The molecule has 2 rings (SSSR count). The van der Waals surface area contributed by atoms with Gasteiger partial charge in [-0.15, -0.1) is 11.3 Å². The summed E-state index contributed by atoms with van der Waals surface area (Å²) in [7, 11) is 1.61. The van der Waals surface area contributed by atoms with E-state index in [0.29, 0.717) is 10.2 Å². The van der Waals surface area contributed by atoms with Gasteiger partial charge >= 0.3 is 0 Å². The number of hydrogen-bond acceptors (Lipinski definition) is 5. The molecule has 0 aliphatic carbocycles. The Hall–Kier alpha value is -1.21. The second-order valence-corrected chi connectivity index (χ2v) is 5.26. The van der Waals surface area contributed by atoms with E-state index >= 15 is 0 Å². The summed E-state index contributed by atoms with van der Waals surface area (Å²) < 4.78 is 1.77. The van der Waals surface area contributed by atoms with Crippen molar-refractivity contribution < 1.29 is 0 Å². The normalized spacial score (nSPS) is 12.4. The average molecular weight is 315 g/mol. The van der Waals surface area contributed by atoms with Crippen molar-refractivity contribution in [1.29, 1.82) is 0 Å². The van der Waals surface area contributed by atoms with Gasteiger partial charge in [-0.1, -0.05) is 0 Å². The minimum Gasteiger partial charge on any atom is -0.374 e. The van der Waals surface area contributed by atoms with Crippen LogP contribution < -0.4 is 10.9 Å². The lowest BCUT2D eigenvalue weighted by Crippen LogP contribution is -2.22. The van der Waals surface area contributed by atoms with E-state index in [1.807, 2.05) is 12.3 Å². The Morgan fingerprint density at radius 2 is 2.35 bits per heavy atom. The molecule has 0 saturated heterocycles. The molecular formula is C10H11BrN4OS. The first-order valence-electron chi connectivity index (χ1n) is 4.97. The molecule has 7 heteroatoms. The SMILES string of the molecule is CC(Nc1cnn(C)c(=O)c1Br)c1nccs1. The standard InChI is InChI=1S/C10H11BrN4OS/c1-6(9-12-3-4-17-9)14-7-5-13-15(2)10(16)8(7)11/h3-6,14H,1-2H3. The molecule has 1 unspecified atom stereocenters. The largest absolute Gasteiger partial charge is 0.374 e. The Morgan fingerprint density at radius 1 is 1.59 bits per heavy atom. The molecule has 17 heavy (non-hydrogen) atoms. The number of rotatable bonds is 3. The van der Waals surface area contributed by atoms with Crippen molar-refractivity contribution in [2.45, 2.75) is 13.0 Å². The fraction of sp³-hybridized carbons (Fsp3) is 0.300. The molecule has 0 aliphatic rings. The fourth-order valence-corrected chi connectivity index (χ4v) is 2.47. The minimum absolute atomic E-state index is 0.0419. The van der Waals surface area contributed by atoms with E-state index in [0.717, 1.165) is 5.01 Å². The van der Waals surface area contributed by atoms with Crippen LogP contribution in [-0.4, -0.2) is 14.8 Å². The van der Waals surface area contributed by atoms with Crippen LogP contribution in [0.3, 0.4) is 0 Å². The molecule has 90 valence electrons. The van der Waals surface area contributed by atoms with Crippen molar-refractivity contribution in [1.82, 2.24) is 14.8 Å². The molecule has 1 atom stereocenters. The Labute approximate surface area is 111 Å². The second-order valence-electron chi connectivity index (χ2n) is 3.54. The van der Waals surface area contributed by atoms with Gasteiger partial charge < -0.3 is 5.32 Å². The van der Waals surface area contributed by atoms with Gasteiger partial charge in [0.2, 0.25) is 0 Å². The molecule has 2 aromatic heterocycles.